The first kappa shape index (κ1) is 9.49. The first-order chi connectivity index (χ1) is 4.36. The molecule has 0 aromatic heterocycles. The minimum atomic E-state index is -2.75. The van der Waals surface area contributed by atoms with Crippen LogP contribution < -0.4 is 0 Å². The van der Waals surface area contributed by atoms with E-state index in [1.165, 1.54) is 9.24 Å². The van der Waals surface area contributed by atoms with Crippen LogP contribution in [-0.2, 0) is 9.59 Å². The third-order valence-electron chi connectivity index (χ3n) is 0.792. The average Bonchev–Trinajstić information content (AvgIpc) is 1.60. The van der Waals surface area contributed by atoms with Crippen molar-refractivity contribution in [3.63, 3.8) is 0 Å². The van der Waals surface area contributed by atoms with Crippen molar-refractivity contribution < 1.29 is 24.9 Å². The Hall–Kier alpha value is -0.510. The van der Waals surface area contributed by atoms with Gasteiger partial charge in [-0.25, -0.2) is 0 Å². The molecule has 0 heterocycles. The molecule has 0 fully saturated rings. The molecule has 0 aliphatic carbocycles. The standard InChI is InChI=1S/C4H7O5P/c5-2(6)1-4(8,9)3(7)10/h8-9H,1,10H2,(H,5,6). The van der Waals surface area contributed by atoms with E-state index in [1.54, 1.807) is 0 Å². The Balaban J connectivity index is 4.13. The zero-order valence-electron chi connectivity index (χ0n) is 4.94. The molecular weight excluding hydrogens is 159 g/mol. The smallest absolute Gasteiger partial charge is 0.309 e. The lowest BCUT2D eigenvalue weighted by Gasteiger charge is -2.14. The number of carboxylic acid groups (broad SMARTS) is 1. The fourth-order valence-corrected chi connectivity index (χ4v) is 0.400. The van der Waals surface area contributed by atoms with Crippen LogP contribution in [0.25, 0.3) is 0 Å². The summed E-state index contributed by atoms with van der Waals surface area (Å²) in [7, 11) is 1.49. The molecule has 0 radical (unpaired) electrons. The summed E-state index contributed by atoms with van der Waals surface area (Å²) in [6.07, 6.45) is -1.00. The van der Waals surface area contributed by atoms with Crippen LogP contribution in [0.1, 0.15) is 6.42 Å². The maximum Gasteiger partial charge on any atom is 0.309 e. The van der Waals surface area contributed by atoms with E-state index in [1.807, 2.05) is 0 Å². The van der Waals surface area contributed by atoms with Crippen molar-refractivity contribution in [2.24, 2.45) is 0 Å². The van der Waals surface area contributed by atoms with Gasteiger partial charge in [0.2, 0.25) is 11.3 Å². The van der Waals surface area contributed by atoms with Crippen molar-refractivity contribution in [2.75, 3.05) is 0 Å². The van der Waals surface area contributed by atoms with Crippen molar-refractivity contribution in [1.29, 1.82) is 0 Å². The summed E-state index contributed by atoms with van der Waals surface area (Å²) in [5.41, 5.74) is -1.06. The number of carbonyl (C=O) groups excluding carboxylic acids is 1. The van der Waals surface area contributed by atoms with Crippen LogP contribution in [0.5, 0.6) is 0 Å². The van der Waals surface area contributed by atoms with Gasteiger partial charge in [-0.2, -0.15) is 0 Å². The Morgan fingerprint density at radius 3 is 1.90 bits per heavy atom. The monoisotopic (exact) mass is 166 g/mol. The third kappa shape index (κ3) is 2.87. The second-order valence-electron chi connectivity index (χ2n) is 1.75. The molecule has 0 aliphatic heterocycles. The molecule has 0 aromatic carbocycles. The number of aliphatic hydroxyl groups is 2. The summed E-state index contributed by atoms with van der Waals surface area (Å²) >= 11 is 0. The second-order valence-corrected chi connectivity index (χ2v) is 2.28. The number of hydrogen-bond donors (Lipinski definition) is 3. The molecule has 5 nitrogen and oxygen atoms in total. The van der Waals surface area contributed by atoms with Crippen LogP contribution in [0.4, 0.5) is 0 Å². The molecule has 1 atom stereocenters. The topological polar surface area (TPSA) is 94.8 Å². The average molecular weight is 166 g/mol. The van der Waals surface area contributed by atoms with Crippen LogP contribution in [-0.4, -0.2) is 32.6 Å². The van der Waals surface area contributed by atoms with E-state index in [4.69, 9.17) is 15.3 Å². The van der Waals surface area contributed by atoms with E-state index >= 15 is 0 Å². The van der Waals surface area contributed by atoms with Gasteiger partial charge in [0.25, 0.3) is 0 Å². The van der Waals surface area contributed by atoms with Gasteiger partial charge in [0.15, 0.2) is 0 Å². The molecular formula is C4H7O5P. The number of hydrogen-bond acceptors (Lipinski definition) is 4. The lowest BCUT2D eigenvalue weighted by molar-refractivity contribution is -0.183. The predicted molar refractivity (Wildman–Crippen MR) is 34.1 cm³/mol. The largest absolute Gasteiger partial charge is 0.481 e. The number of rotatable bonds is 3. The zero-order valence-corrected chi connectivity index (χ0v) is 6.10. The molecule has 0 bridgehead atoms. The second kappa shape index (κ2) is 3.05. The van der Waals surface area contributed by atoms with E-state index in [-0.39, 0.29) is 0 Å². The maximum absolute atomic E-state index is 10.2. The molecule has 3 N–H and O–H groups in total. The summed E-state index contributed by atoms with van der Waals surface area (Å²) in [4.78, 5) is 20.0. The fraction of sp³-hybridized carbons (Fsp3) is 0.500. The Morgan fingerprint density at radius 2 is 1.80 bits per heavy atom. The van der Waals surface area contributed by atoms with Crippen LogP contribution in [0.15, 0.2) is 0 Å². The first-order valence-electron chi connectivity index (χ1n) is 2.32. The summed E-state index contributed by atoms with van der Waals surface area (Å²) in [5.74, 6) is -4.20. The summed E-state index contributed by atoms with van der Waals surface area (Å²) in [5, 5.41) is 25.1. The molecule has 0 aromatic rings. The van der Waals surface area contributed by atoms with Gasteiger partial charge in [-0.15, -0.1) is 0 Å². The molecule has 0 spiro atoms. The van der Waals surface area contributed by atoms with Crippen LogP contribution in [0.3, 0.4) is 0 Å². The molecule has 58 valence electrons. The number of aliphatic carboxylic acids is 1. The summed E-state index contributed by atoms with van der Waals surface area (Å²) < 4.78 is 0. The highest BCUT2D eigenvalue weighted by atomic mass is 31.0. The minimum absolute atomic E-state index is 1.00. The Kier molecular flexibility index (Phi) is 2.90. The summed E-state index contributed by atoms with van der Waals surface area (Å²) in [6, 6.07) is 0. The van der Waals surface area contributed by atoms with E-state index in [9.17, 15) is 9.59 Å². The lowest BCUT2D eigenvalue weighted by Crippen LogP contribution is -2.37. The van der Waals surface area contributed by atoms with E-state index in [0.717, 1.165) is 0 Å². The van der Waals surface area contributed by atoms with Crippen LogP contribution in [0.2, 0.25) is 0 Å². The number of carbonyl (C=O) groups is 2. The normalized spacial score (nSPS) is 11.1. The predicted octanol–water partition coefficient (Wildman–Crippen LogP) is -1.46. The maximum atomic E-state index is 10.2. The molecule has 0 rings (SSSR count). The van der Waals surface area contributed by atoms with Gasteiger partial charge < -0.3 is 15.3 Å². The van der Waals surface area contributed by atoms with Gasteiger partial charge in [0.1, 0.15) is 6.42 Å². The Bertz CT molecular complexity index is 163. The highest BCUT2D eigenvalue weighted by molar-refractivity contribution is 7.40. The third-order valence-corrected chi connectivity index (χ3v) is 1.25. The van der Waals surface area contributed by atoms with Gasteiger partial charge in [0, 0.05) is 0 Å². The highest BCUT2D eigenvalue weighted by Crippen LogP contribution is 2.10. The SMILES string of the molecule is O=C(O)CC(O)(O)C(=O)P. The van der Waals surface area contributed by atoms with Gasteiger partial charge in [-0.3, -0.25) is 9.59 Å². The lowest BCUT2D eigenvalue weighted by atomic mass is 10.2. The van der Waals surface area contributed by atoms with E-state index < -0.39 is 23.7 Å². The fourth-order valence-electron chi connectivity index (χ4n) is 0.298. The Morgan fingerprint density at radius 1 is 1.40 bits per heavy atom. The van der Waals surface area contributed by atoms with E-state index in [2.05, 4.69) is 0 Å². The van der Waals surface area contributed by atoms with Gasteiger partial charge in [-0.1, -0.05) is 9.24 Å². The molecule has 10 heavy (non-hydrogen) atoms. The molecule has 0 saturated heterocycles. The van der Waals surface area contributed by atoms with E-state index in [0.29, 0.717) is 0 Å². The van der Waals surface area contributed by atoms with Gasteiger partial charge >= 0.3 is 5.97 Å². The molecule has 6 heteroatoms. The first-order valence-corrected chi connectivity index (χ1v) is 2.90. The van der Waals surface area contributed by atoms with Gasteiger partial charge in [-0.05, 0) is 0 Å². The van der Waals surface area contributed by atoms with Crippen molar-refractivity contribution in [2.45, 2.75) is 12.2 Å². The van der Waals surface area contributed by atoms with Crippen molar-refractivity contribution in [3.8, 4) is 0 Å². The molecule has 0 saturated carbocycles. The summed E-state index contributed by atoms with van der Waals surface area (Å²) in [6.45, 7) is 0. The zero-order chi connectivity index (χ0) is 8.36. The molecule has 0 amide bonds. The minimum Gasteiger partial charge on any atom is -0.481 e. The van der Waals surface area contributed by atoms with Crippen LogP contribution in [0, 0.1) is 0 Å². The quantitative estimate of drug-likeness (QED) is 0.352. The number of carboxylic acids is 1. The van der Waals surface area contributed by atoms with Crippen molar-refractivity contribution in [3.05, 3.63) is 0 Å². The molecule has 0 aliphatic rings. The Labute approximate surface area is 58.9 Å². The van der Waals surface area contributed by atoms with Crippen molar-refractivity contribution in [1.82, 2.24) is 0 Å². The van der Waals surface area contributed by atoms with Crippen molar-refractivity contribution >= 4 is 20.7 Å². The van der Waals surface area contributed by atoms with Gasteiger partial charge in [0.05, 0.1) is 0 Å². The van der Waals surface area contributed by atoms with Crippen LogP contribution >= 0.6 is 9.24 Å². The molecule has 1 unspecified atom stereocenters. The highest BCUT2D eigenvalue weighted by Gasteiger charge is 2.32.